The number of nitrogens with zero attached hydrogens (tertiary/aromatic N) is 2. The topological polar surface area (TPSA) is 58.8 Å². The number of ether oxygens (including phenoxy) is 1. The lowest BCUT2D eigenvalue weighted by Gasteiger charge is -2.42. The summed E-state index contributed by atoms with van der Waals surface area (Å²) in [6.07, 6.45) is 1.49. The molecule has 0 radical (unpaired) electrons. The van der Waals surface area contributed by atoms with Gasteiger partial charge in [-0.05, 0) is 30.5 Å². The van der Waals surface area contributed by atoms with Crippen molar-refractivity contribution in [3.05, 3.63) is 34.9 Å². The summed E-state index contributed by atoms with van der Waals surface area (Å²) in [7, 11) is 0. The van der Waals surface area contributed by atoms with Crippen molar-refractivity contribution in [2.24, 2.45) is 11.1 Å². The highest BCUT2D eigenvalue weighted by atomic mass is 35.5. The second kappa shape index (κ2) is 10.7. The van der Waals surface area contributed by atoms with Gasteiger partial charge in [-0.1, -0.05) is 23.7 Å². The fourth-order valence-electron chi connectivity index (χ4n) is 3.56. The number of piperazine rings is 1. The molecule has 0 bridgehead atoms. The first-order chi connectivity index (χ1) is 11.6. The predicted molar refractivity (Wildman–Crippen MR) is 109 cm³/mol. The van der Waals surface area contributed by atoms with Crippen LogP contribution < -0.4 is 5.73 Å². The van der Waals surface area contributed by atoms with Crippen molar-refractivity contribution in [3.8, 4) is 0 Å². The van der Waals surface area contributed by atoms with Crippen molar-refractivity contribution >= 4 is 42.3 Å². The molecule has 2 aliphatic heterocycles. The van der Waals surface area contributed by atoms with Crippen molar-refractivity contribution in [2.45, 2.75) is 19.4 Å². The highest BCUT2D eigenvalue weighted by Gasteiger charge is 2.41. The first-order valence-electron chi connectivity index (χ1n) is 8.67. The van der Waals surface area contributed by atoms with E-state index in [0.29, 0.717) is 19.8 Å². The molecule has 3 rings (SSSR count). The molecule has 1 amide bonds. The number of hydrogen-bond acceptors (Lipinski definition) is 4. The summed E-state index contributed by atoms with van der Waals surface area (Å²) in [6.45, 7) is 5.93. The molecule has 0 unspecified atom stereocenters. The Bertz CT molecular complexity index is 557. The van der Waals surface area contributed by atoms with Crippen molar-refractivity contribution in [1.82, 2.24) is 9.80 Å². The second-order valence-corrected chi connectivity index (χ2v) is 7.23. The number of rotatable bonds is 4. The van der Waals surface area contributed by atoms with Crippen LogP contribution in [0.5, 0.6) is 0 Å². The number of amides is 1. The standard InChI is InChI=1S/C18H26ClN3O2.2ClH/c19-16-3-1-15(2-4-16)13-21-7-9-22(10-8-21)17(23)18(14-20)5-11-24-12-6-18;;/h1-4H,5-14,20H2;2*1H. The van der Waals surface area contributed by atoms with E-state index < -0.39 is 5.41 Å². The van der Waals surface area contributed by atoms with Gasteiger partial charge in [0.05, 0.1) is 5.41 Å². The Morgan fingerprint density at radius 2 is 1.65 bits per heavy atom. The Morgan fingerprint density at radius 1 is 1.08 bits per heavy atom. The van der Waals surface area contributed by atoms with Crippen molar-refractivity contribution < 1.29 is 9.53 Å². The Hall–Kier alpha value is -0.560. The third kappa shape index (κ3) is 5.47. The Kier molecular flexibility index (Phi) is 9.65. The molecule has 2 saturated heterocycles. The van der Waals surface area contributed by atoms with Gasteiger partial charge in [-0.2, -0.15) is 0 Å². The molecule has 5 nitrogen and oxygen atoms in total. The van der Waals surface area contributed by atoms with E-state index in [0.717, 1.165) is 50.6 Å². The van der Waals surface area contributed by atoms with E-state index in [9.17, 15) is 4.79 Å². The van der Waals surface area contributed by atoms with Crippen LogP contribution in [0, 0.1) is 5.41 Å². The highest BCUT2D eigenvalue weighted by Crippen LogP contribution is 2.32. The average Bonchev–Trinajstić information content (AvgIpc) is 2.64. The highest BCUT2D eigenvalue weighted by molar-refractivity contribution is 6.30. The summed E-state index contributed by atoms with van der Waals surface area (Å²) in [5, 5.41) is 0.762. The molecule has 2 aliphatic rings. The Balaban J connectivity index is 0.00000169. The van der Waals surface area contributed by atoms with Gasteiger partial charge < -0.3 is 15.4 Å². The predicted octanol–water partition coefficient (Wildman–Crippen LogP) is 2.58. The Labute approximate surface area is 173 Å². The van der Waals surface area contributed by atoms with Crippen LogP contribution in [-0.2, 0) is 16.1 Å². The molecule has 148 valence electrons. The van der Waals surface area contributed by atoms with Crippen LogP contribution in [0.15, 0.2) is 24.3 Å². The number of carbonyl (C=O) groups excluding carboxylic acids is 1. The quantitative estimate of drug-likeness (QED) is 0.807. The SMILES string of the molecule is Cl.Cl.NCC1(C(=O)N2CCN(Cc3ccc(Cl)cc3)CC2)CCOCC1. The first-order valence-corrected chi connectivity index (χ1v) is 9.05. The fraction of sp³-hybridized carbons (Fsp3) is 0.611. The minimum atomic E-state index is -0.406. The largest absolute Gasteiger partial charge is 0.381 e. The second-order valence-electron chi connectivity index (χ2n) is 6.79. The molecule has 2 heterocycles. The summed E-state index contributed by atoms with van der Waals surface area (Å²) < 4.78 is 5.41. The van der Waals surface area contributed by atoms with E-state index in [1.807, 2.05) is 17.0 Å². The van der Waals surface area contributed by atoms with Crippen molar-refractivity contribution in [2.75, 3.05) is 45.9 Å². The number of carbonyl (C=O) groups is 1. The maximum absolute atomic E-state index is 13.0. The zero-order valence-corrected chi connectivity index (χ0v) is 17.3. The summed E-state index contributed by atoms with van der Waals surface area (Å²) in [5.74, 6) is 0.222. The molecule has 0 aliphatic carbocycles. The van der Waals surface area contributed by atoms with Gasteiger partial charge in [0.15, 0.2) is 0 Å². The van der Waals surface area contributed by atoms with Crippen LogP contribution >= 0.6 is 36.4 Å². The third-order valence-corrected chi connectivity index (χ3v) is 5.53. The van der Waals surface area contributed by atoms with Gasteiger partial charge in [0, 0.05) is 57.5 Å². The molecule has 0 atom stereocenters. The van der Waals surface area contributed by atoms with Crippen molar-refractivity contribution in [1.29, 1.82) is 0 Å². The summed E-state index contributed by atoms with van der Waals surface area (Å²) in [4.78, 5) is 17.3. The lowest BCUT2D eigenvalue weighted by molar-refractivity contribution is -0.149. The summed E-state index contributed by atoms with van der Waals surface area (Å²) >= 11 is 5.93. The maximum atomic E-state index is 13.0. The van der Waals surface area contributed by atoms with E-state index >= 15 is 0 Å². The summed E-state index contributed by atoms with van der Waals surface area (Å²) in [6, 6.07) is 7.97. The molecule has 0 aromatic heterocycles. The van der Waals surface area contributed by atoms with Crippen LogP contribution in [0.1, 0.15) is 18.4 Å². The minimum absolute atomic E-state index is 0. The van der Waals surface area contributed by atoms with Crippen LogP contribution in [0.25, 0.3) is 0 Å². The lowest BCUT2D eigenvalue weighted by atomic mass is 9.78. The van der Waals surface area contributed by atoms with E-state index in [-0.39, 0.29) is 30.7 Å². The minimum Gasteiger partial charge on any atom is -0.381 e. The molecular weight excluding hydrogens is 397 g/mol. The normalized spacial score (nSPS) is 20.0. The Morgan fingerprint density at radius 3 is 2.19 bits per heavy atom. The number of hydrogen-bond donors (Lipinski definition) is 1. The van der Waals surface area contributed by atoms with Gasteiger partial charge >= 0.3 is 0 Å². The zero-order valence-electron chi connectivity index (χ0n) is 14.9. The third-order valence-electron chi connectivity index (χ3n) is 5.27. The lowest BCUT2D eigenvalue weighted by Crippen LogP contribution is -2.56. The van der Waals surface area contributed by atoms with Crippen molar-refractivity contribution in [3.63, 3.8) is 0 Å². The van der Waals surface area contributed by atoms with E-state index in [1.54, 1.807) is 0 Å². The fourth-order valence-corrected chi connectivity index (χ4v) is 3.69. The van der Waals surface area contributed by atoms with Gasteiger partial charge in [0.2, 0.25) is 5.91 Å². The van der Waals surface area contributed by atoms with Gasteiger partial charge in [0.1, 0.15) is 0 Å². The number of halogens is 3. The van der Waals surface area contributed by atoms with Gasteiger partial charge in [-0.25, -0.2) is 0 Å². The van der Waals surface area contributed by atoms with E-state index in [1.165, 1.54) is 5.56 Å². The number of benzene rings is 1. The maximum Gasteiger partial charge on any atom is 0.230 e. The molecule has 1 aromatic rings. The smallest absolute Gasteiger partial charge is 0.230 e. The van der Waals surface area contributed by atoms with E-state index in [2.05, 4.69) is 17.0 Å². The molecule has 0 saturated carbocycles. The summed E-state index contributed by atoms with van der Waals surface area (Å²) in [5.41, 5.74) is 6.81. The van der Waals surface area contributed by atoms with Crippen LogP contribution in [-0.4, -0.2) is 61.6 Å². The molecule has 0 spiro atoms. The van der Waals surface area contributed by atoms with Gasteiger partial charge in [0.25, 0.3) is 0 Å². The molecule has 1 aromatic carbocycles. The number of nitrogens with two attached hydrogens (primary N) is 1. The molecule has 8 heteroatoms. The van der Waals surface area contributed by atoms with Crippen LogP contribution in [0.3, 0.4) is 0 Å². The van der Waals surface area contributed by atoms with Gasteiger partial charge in [-0.3, -0.25) is 9.69 Å². The molecular formula is C18H28Cl3N3O2. The molecule has 2 fully saturated rings. The molecule has 2 N–H and O–H groups in total. The van der Waals surface area contributed by atoms with Gasteiger partial charge in [-0.15, -0.1) is 24.8 Å². The monoisotopic (exact) mass is 423 g/mol. The zero-order chi connectivity index (χ0) is 17.0. The average molecular weight is 425 g/mol. The molecule has 26 heavy (non-hydrogen) atoms. The van der Waals surface area contributed by atoms with Crippen LogP contribution in [0.2, 0.25) is 5.02 Å². The first kappa shape index (κ1) is 23.5. The van der Waals surface area contributed by atoms with Crippen LogP contribution in [0.4, 0.5) is 0 Å². The van der Waals surface area contributed by atoms with E-state index in [4.69, 9.17) is 22.1 Å².